The first-order valence-corrected chi connectivity index (χ1v) is 12.4. The third kappa shape index (κ3) is 3.78. The number of nitrogens with one attached hydrogen (secondary N) is 1. The Kier molecular flexibility index (Phi) is 6.00. The summed E-state index contributed by atoms with van der Waals surface area (Å²) in [5.74, 6) is -2.12. The number of aromatic nitrogens is 1. The summed E-state index contributed by atoms with van der Waals surface area (Å²) in [5, 5.41) is 22.9. The molecule has 0 bridgehead atoms. The van der Waals surface area contributed by atoms with Crippen molar-refractivity contribution in [3.8, 4) is 5.75 Å². The Hall–Kier alpha value is -2.71. The number of benzene rings is 1. The molecule has 2 aromatic rings. The van der Waals surface area contributed by atoms with Crippen molar-refractivity contribution in [3.05, 3.63) is 62.3 Å². The largest absolute Gasteiger partial charge is 0.503 e. The van der Waals surface area contributed by atoms with E-state index in [2.05, 4.69) is 12.2 Å². The van der Waals surface area contributed by atoms with Crippen LogP contribution in [0.25, 0.3) is 0 Å². The van der Waals surface area contributed by atoms with Crippen LogP contribution in [0.1, 0.15) is 59.0 Å². The predicted octanol–water partition coefficient (Wildman–Crippen LogP) is 3.52. The highest BCUT2D eigenvalue weighted by atomic mass is 35.5. The third-order valence-electron chi connectivity index (χ3n) is 8.14. The fourth-order valence-electron chi connectivity index (χ4n) is 6.63. The van der Waals surface area contributed by atoms with Gasteiger partial charge in [0, 0.05) is 37.4 Å². The highest BCUT2D eigenvalue weighted by Gasteiger charge is 2.68. The number of ketones is 1. The van der Waals surface area contributed by atoms with Gasteiger partial charge in [-0.1, -0.05) is 37.1 Å². The number of pyridine rings is 1. The molecule has 35 heavy (non-hydrogen) atoms. The molecule has 1 aromatic carbocycles. The number of halogens is 2. The summed E-state index contributed by atoms with van der Waals surface area (Å²) < 4.78 is 15.7. The van der Waals surface area contributed by atoms with Crippen molar-refractivity contribution in [1.82, 2.24) is 9.88 Å². The number of hydrogen-bond acceptors (Lipinski definition) is 5. The molecule has 9 heteroatoms. The Morgan fingerprint density at radius 1 is 1.31 bits per heavy atom. The van der Waals surface area contributed by atoms with Crippen LogP contribution < -0.4 is 10.7 Å². The molecule has 5 rings (SSSR count). The molecule has 0 saturated heterocycles. The minimum atomic E-state index is -0.921. The van der Waals surface area contributed by atoms with Crippen molar-refractivity contribution in [3.63, 3.8) is 0 Å². The number of fused-ring (bicyclic) bond motifs is 3. The van der Waals surface area contributed by atoms with Gasteiger partial charge in [0.05, 0.1) is 5.02 Å². The van der Waals surface area contributed by atoms with Crippen molar-refractivity contribution < 1.29 is 24.2 Å². The van der Waals surface area contributed by atoms with E-state index in [4.69, 9.17) is 11.6 Å². The van der Waals surface area contributed by atoms with E-state index >= 15 is 0 Å². The molecule has 1 aromatic heterocycles. The van der Waals surface area contributed by atoms with Gasteiger partial charge in [-0.05, 0) is 48.5 Å². The molecule has 186 valence electrons. The van der Waals surface area contributed by atoms with E-state index in [9.17, 15) is 29.0 Å². The molecule has 1 amide bonds. The van der Waals surface area contributed by atoms with Crippen LogP contribution in [0.15, 0.2) is 29.2 Å². The first kappa shape index (κ1) is 24.0. The SMILES string of the molecule is CCCC1C2C(=O)c3c(O)c(=O)c(C(=O)NCc4cccc(Cl)c4F)cn3C[C@]3(C[C@@H](CO)C3)C12. The molecular formula is C26H28ClFN2O5. The van der Waals surface area contributed by atoms with Crippen molar-refractivity contribution in [2.24, 2.45) is 29.1 Å². The summed E-state index contributed by atoms with van der Waals surface area (Å²) >= 11 is 5.79. The zero-order chi connectivity index (χ0) is 25.1. The second kappa shape index (κ2) is 8.75. The fourth-order valence-corrected chi connectivity index (χ4v) is 6.83. The summed E-state index contributed by atoms with van der Waals surface area (Å²) in [6, 6.07) is 4.41. The van der Waals surface area contributed by atoms with Gasteiger partial charge in [0.2, 0.25) is 5.43 Å². The van der Waals surface area contributed by atoms with Gasteiger partial charge in [-0.25, -0.2) is 4.39 Å². The average molecular weight is 503 g/mol. The van der Waals surface area contributed by atoms with Gasteiger partial charge in [0.25, 0.3) is 5.91 Å². The molecule has 3 aliphatic rings. The van der Waals surface area contributed by atoms with E-state index in [0.29, 0.717) is 6.54 Å². The minimum Gasteiger partial charge on any atom is -0.503 e. The van der Waals surface area contributed by atoms with E-state index in [1.165, 1.54) is 18.3 Å². The van der Waals surface area contributed by atoms with Crippen LogP contribution >= 0.6 is 11.6 Å². The van der Waals surface area contributed by atoms with Crippen molar-refractivity contribution in [1.29, 1.82) is 0 Å². The molecule has 7 nitrogen and oxygen atoms in total. The number of rotatable bonds is 6. The molecule has 0 radical (unpaired) electrons. The van der Waals surface area contributed by atoms with Crippen LogP contribution in [0.4, 0.5) is 4.39 Å². The number of hydrogen-bond donors (Lipinski definition) is 3. The lowest BCUT2D eigenvalue weighted by Crippen LogP contribution is -2.44. The highest BCUT2D eigenvalue weighted by molar-refractivity contribution is 6.30. The van der Waals surface area contributed by atoms with Gasteiger partial charge in [-0.15, -0.1) is 0 Å². The van der Waals surface area contributed by atoms with Gasteiger partial charge in [0.15, 0.2) is 11.5 Å². The van der Waals surface area contributed by atoms with Crippen LogP contribution in [-0.4, -0.2) is 33.1 Å². The number of aliphatic hydroxyl groups is 1. The van der Waals surface area contributed by atoms with Crippen LogP contribution in [0.2, 0.25) is 5.02 Å². The summed E-state index contributed by atoms with van der Waals surface area (Å²) in [7, 11) is 0. The third-order valence-corrected chi connectivity index (χ3v) is 8.43. The first-order chi connectivity index (χ1) is 16.7. The molecule has 3 atom stereocenters. The van der Waals surface area contributed by atoms with Crippen molar-refractivity contribution in [2.75, 3.05) is 6.61 Å². The minimum absolute atomic E-state index is 0.0367. The van der Waals surface area contributed by atoms with E-state index in [0.717, 1.165) is 25.7 Å². The van der Waals surface area contributed by atoms with Crippen LogP contribution in [-0.2, 0) is 13.1 Å². The number of Topliss-reactive ketones (excluding diaryl/α,β-unsaturated/α-hetero) is 1. The van der Waals surface area contributed by atoms with Crippen LogP contribution in [0, 0.1) is 34.9 Å². The van der Waals surface area contributed by atoms with E-state index in [1.807, 2.05) is 0 Å². The number of carbonyl (C=O) groups excluding carboxylic acids is 2. The van der Waals surface area contributed by atoms with E-state index in [1.54, 1.807) is 10.6 Å². The first-order valence-electron chi connectivity index (χ1n) is 12.0. The maximum absolute atomic E-state index is 14.2. The molecule has 2 fully saturated rings. The number of amides is 1. The topological polar surface area (TPSA) is 109 Å². The standard InChI is InChI=1S/C26H28ClFN2O5/c1-2-4-15-18-19(15)26(7-13(8-26)11-31)12-30-10-16(22(32)24(34)21(30)23(18)33)25(35)29-9-14-5-3-6-17(27)20(14)28/h3,5-6,10,13,15,18-19,31,34H,2,4,7-9,11-12H2,1H3,(H,29,35)/t13-,15?,18?,19?,26-. The predicted molar refractivity (Wildman–Crippen MR) is 127 cm³/mol. The summed E-state index contributed by atoms with van der Waals surface area (Å²) in [6.45, 7) is 2.35. The molecule has 3 unspecified atom stereocenters. The molecule has 2 heterocycles. The van der Waals surface area contributed by atoms with Gasteiger partial charge in [-0.2, -0.15) is 0 Å². The van der Waals surface area contributed by atoms with E-state index in [-0.39, 0.29) is 69.9 Å². The monoisotopic (exact) mass is 502 g/mol. The molecular weight excluding hydrogens is 475 g/mol. The summed E-state index contributed by atoms with van der Waals surface area (Å²) in [6.07, 6.45) is 4.71. The average Bonchev–Trinajstić information content (AvgIpc) is 3.54. The summed E-state index contributed by atoms with van der Waals surface area (Å²) in [4.78, 5) is 39.3. The van der Waals surface area contributed by atoms with Crippen molar-refractivity contribution >= 4 is 23.3 Å². The normalized spacial score (nSPS) is 28.6. The Morgan fingerprint density at radius 3 is 2.74 bits per heavy atom. The fraction of sp³-hybridized carbons (Fsp3) is 0.500. The zero-order valence-electron chi connectivity index (χ0n) is 19.4. The maximum Gasteiger partial charge on any atom is 0.257 e. The maximum atomic E-state index is 14.2. The van der Waals surface area contributed by atoms with Crippen LogP contribution in [0.3, 0.4) is 0 Å². The molecule has 1 spiro atoms. The highest BCUT2D eigenvalue weighted by Crippen LogP contribution is 2.69. The Labute approximate surface area is 206 Å². The number of aromatic hydroxyl groups is 1. The lowest BCUT2D eigenvalue weighted by molar-refractivity contribution is -0.0220. The second-order valence-corrected chi connectivity index (χ2v) is 10.7. The smallest absolute Gasteiger partial charge is 0.257 e. The zero-order valence-corrected chi connectivity index (χ0v) is 20.1. The lowest BCUT2D eigenvalue weighted by atomic mass is 9.58. The number of aliphatic hydroxyl groups excluding tert-OH is 1. The number of carbonyl (C=O) groups is 2. The Balaban J connectivity index is 1.48. The van der Waals surface area contributed by atoms with Crippen LogP contribution in [0.5, 0.6) is 5.75 Å². The van der Waals surface area contributed by atoms with Gasteiger partial charge >= 0.3 is 0 Å². The quantitative estimate of drug-likeness (QED) is 0.560. The Morgan fingerprint density at radius 2 is 2.06 bits per heavy atom. The van der Waals surface area contributed by atoms with Gasteiger partial charge in [0.1, 0.15) is 17.1 Å². The molecule has 2 aliphatic carbocycles. The molecule has 1 aliphatic heterocycles. The molecule has 2 saturated carbocycles. The second-order valence-electron chi connectivity index (χ2n) is 10.3. The number of nitrogens with zero attached hydrogens (tertiary/aromatic N) is 1. The van der Waals surface area contributed by atoms with Gasteiger partial charge in [-0.3, -0.25) is 14.4 Å². The summed E-state index contributed by atoms with van der Waals surface area (Å²) in [5.41, 5.74) is -1.32. The van der Waals surface area contributed by atoms with Crippen molar-refractivity contribution in [2.45, 2.75) is 45.7 Å². The van der Waals surface area contributed by atoms with E-state index < -0.39 is 22.9 Å². The molecule has 3 N–H and O–H groups in total. The van der Waals surface area contributed by atoms with Gasteiger partial charge < -0.3 is 20.1 Å². The lowest BCUT2D eigenvalue weighted by Gasteiger charge is -2.48. The Bertz CT molecular complexity index is 1270.